The molecule has 1 heterocycles. The molecule has 0 spiro atoms. The molecule has 0 bridgehead atoms. The van der Waals surface area contributed by atoms with Crippen molar-refractivity contribution in [1.29, 1.82) is 0 Å². The van der Waals surface area contributed by atoms with Crippen LogP contribution in [-0.4, -0.2) is 23.4 Å². The number of hydrogen-bond acceptors (Lipinski definition) is 2. The van der Waals surface area contributed by atoms with Gasteiger partial charge in [0, 0.05) is 9.26 Å². The van der Waals surface area contributed by atoms with Gasteiger partial charge in [0.2, 0.25) is 5.91 Å². The summed E-state index contributed by atoms with van der Waals surface area (Å²) in [4.78, 5) is 27.3. The summed E-state index contributed by atoms with van der Waals surface area (Å²) in [5.74, 6) is 0.265. The number of benzene rings is 1. The highest BCUT2D eigenvalue weighted by atomic mass is 127. The van der Waals surface area contributed by atoms with Crippen LogP contribution < -0.4 is 10.2 Å². The number of carbonyl (C=O) groups is 2. The van der Waals surface area contributed by atoms with Crippen molar-refractivity contribution in [2.75, 3.05) is 4.90 Å². The van der Waals surface area contributed by atoms with Gasteiger partial charge < -0.3 is 5.32 Å². The molecule has 1 aromatic rings. The van der Waals surface area contributed by atoms with Crippen LogP contribution in [0.25, 0.3) is 0 Å². The third-order valence-electron chi connectivity index (χ3n) is 4.53. The molecule has 2 unspecified atom stereocenters. The Bertz CT molecular complexity index is 600. The summed E-state index contributed by atoms with van der Waals surface area (Å²) in [6, 6.07) is 7.38. The molecule has 0 radical (unpaired) electrons. The second-order valence-electron chi connectivity index (χ2n) is 6.04. The quantitative estimate of drug-likeness (QED) is 0.797. The average Bonchev–Trinajstić information content (AvgIpc) is 3.27. The number of amides is 2. The standard InChI is InChI=1S/C16H19IN2O2/c1-3-13-14(20)18-16(2,10-7-8-10)15(21)19(13)12-6-4-5-11(17)9-12/h4-6,9-10,13H,3,7-8H2,1-2H3,(H,18,20). The number of anilines is 1. The third-order valence-corrected chi connectivity index (χ3v) is 5.20. The molecule has 1 saturated heterocycles. The van der Waals surface area contributed by atoms with E-state index in [1.807, 2.05) is 38.1 Å². The lowest BCUT2D eigenvalue weighted by Gasteiger charge is -2.44. The number of hydrogen-bond donors (Lipinski definition) is 1. The first-order valence-electron chi connectivity index (χ1n) is 7.38. The van der Waals surface area contributed by atoms with Crippen LogP contribution in [0.1, 0.15) is 33.1 Å². The van der Waals surface area contributed by atoms with Crippen LogP contribution in [-0.2, 0) is 9.59 Å². The second kappa shape index (κ2) is 5.26. The van der Waals surface area contributed by atoms with E-state index in [1.54, 1.807) is 4.90 Å². The minimum absolute atomic E-state index is 0.0263. The fourth-order valence-corrected chi connectivity index (χ4v) is 3.66. The molecule has 0 aromatic heterocycles. The Kier molecular flexibility index (Phi) is 3.71. The summed E-state index contributed by atoms with van der Waals surface area (Å²) in [5.41, 5.74) is 0.0739. The van der Waals surface area contributed by atoms with Crippen LogP contribution in [0.5, 0.6) is 0 Å². The second-order valence-corrected chi connectivity index (χ2v) is 7.29. The Hall–Kier alpha value is -1.11. The summed E-state index contributed by atoms with van der Waals surface area (Å²) in [5, 5.41) is 2.99. The summed E-state index contributed by atoms with van der Waals surface area (Å²) in [7, 11) is 0. The van der Waals surface area contributed by atoms with Crippen molar-refractivity contribution >= 4 is 40.1 Å². The molecule has 2 aliphatic rings. The summed E-state index contributed by atoms with van der Waals surface area (Å²) >= 11 is 2.23. The number of halogens is 1. The summed E-state index contributed by atoms with van der Waals surface area (Å²) in [6.45, 7) is 3.82. The van der Waals surface area contributed by atoms with Gasteiger partial charge in [-0.2, -0.15) is 0 Å². The maximum Gasteiger partial charge on any atom is 0.253 e. The van der Waals surface area contributed by atoms with Crippen LogP contribution in [0.3, 0.4) is 0 Å². The molecule has 4 nitrogen and oxygen atoms in total. The van der Waals surface area contributed by atoms with Crippen LogP contribution in [0.4, 0.5) is 5.69 Å². The number of carbonyl (C=O) groups excluding carboxylic acids is 2. The van der Waals surface area contributed by atoms with Gasteiger partial charge in [0.1, 0.15) is 11.6 Å². The molecular formula is C16H19IN2O2. The highest BCUT2D eigenvalue weighted by Gasteiger charge is 2.55. The van der Waals surface area contributed by atoms with Crippen LogP contribution >= 0.6 is 22.6 Å². The van der Waals surface area contributed by atoms with E-state index < -0.39 is 11.6 Å². The maximum absolute atomic E-state index is 13.1. The number of nitrogens with one attached hydrogen (secondary N) is 1. The minimum Gasteiger partial charge on any atom is -0.340 e. The monoisotopic (exact) mass is 398 g/mol. The molecule has 21 heavy (non-hydrogen) atoms. The van der Waals surface area contributed by atoms with E-state index in [9.17, 15) is 9.59 Å². The van der Waals surface area contributed by atoms with Gasteiger partial charge in [0.25, 0.3) is 5.91 Å². The van der Waals surface area contributed by atoms with E-state index >= 15 is 0 Å². The molecule has 1 aromatic carbocycles. The van der Waals surface area contributed by atoms with E-state index in [0.717, 1.165) is 22.1 Å². The zero-order valence-corrected chi connectivity index (χ0v) is 14.4. The first kappa shape index (κ1) is 14.8. The third kappa shape index (κ3) is 2.45. The molecule has 1 aliphatic carbocycles. The largest absolute Gasteiger partial charge is 0.340 e. The van der Waals surface area contributed by atoms with Crippen LogP contribution in [0, 0.1) is 9.49 Å². The highest BCUT2D eigenvalue weighted by molar-refractivity contribution is 14.1. The van der Waals surface area contributed by atoms with Gasteiger partial charge in [-0.3, -0.25) is 14.5 Å². The average molecular weight is 398 g/mol. The zero-order valence-electron chi connectivity index (χ0n) is 12.2. The van der Waals surface area contributed by atoms with E-state index in [1.165, 1.54) is 0 Å². The van der Waals surface area contributed by atoms with E-state index in [2.05, 4.69) is 27.9 Å². The molecule has 2 atom stereocenters. The first-order chi connectivity index (χ1) is 9.97. The van der Waals surface area contributed by atoms with Gasteiger partial charge >= 0.3 is 0 Å². The Labute approximate surface area is 138 Å². The van der Waals surface area contributed by atoms with Gasteiger partial charge in [-0.25, -0.2) is 0 Å². The Balaban J connectivity index is 2.04. The SMILES string of the molecule is CCC1C(=O)NC(C)(C2CC2)C(=O)N1c1cccc(I)c1. The van der Waals surface area contributed by atoms with Crippen molar-refractivity contribution in [3.63, 3.8) is 0 Å². The van der Waals surface area contributed by atoms with Crippen molar-refractivity contribution in [2.45, 2.75) is 44.7 Å². The Morgan fingerprint density at radius 2 is 2.10 bits per heavy atom. The van der Waals surface area contributed by atoms with Gasteiger partial charge in [-0.1, -0.05) is 13.0 Å². The number of piperazine rings is 1. The number of nitrogens with zero attached hydrogens (tertiary/aromatic N) is 1. The molecule has 5 heteroatoms. The predicted molar refractivity (Wildman–Crippen MR) is 90.0 cm³/mol. The van der Waals surface area contributed by atoms with Crippen molar-refractivity contribution in [3.8, 4) is 0 Å². The Morgan fingerprint density at radius 3 is 2.67 bits per heavy atom. The van der Waals surface area contributed by atoms with Crippen LogP contribution in [0.15, 0.2) is 24.3 Å². The molecule has 2 amide bonds. The lowest BCUT2D eigenvalue weighted by atomic mass is 9.88. The lowest BCUT2D eigenvalue weighted by molar-refractivity contribution is -0.138. The summed E-state index contributed by atoms with van der Waals surface area (Å²) in [6.07, 6.45) is 2.64. The van der Waals surface area contributed by atoms with Gasteiger partial charge in [0.05, 0.1) is 0 Å². The predicted octanol–water partition coefficient (Wildman–Crippen LogP) is 2.70. The van der Waals surface area contributed by atoms with Gasteiger partial charge in [0.15, 0.2) is 0 Å². The minimum atomic E-state index is -0.746. The molecule has 112 valence electrons. The van der Waals surface area contributed by atoms with Crippen molar-refractivity contribution in [3.05, 3.63) is 27.8 Å². The van der Waals surface area contributed by atoms with E-state index in [4.69, 9.17) is 0 Å². The first-order valence-corrected chi connectivity index (χ1v) is 8.46. The van der Waals surface area contributed by atoms with Crippen molar-refractivity contribution < 1.29 is 9.59 Å². The molecule has 2 fully saturated rings. The highest BCUT2D eigenvalue weighted by Crippen LogP contribution is 2.43. The van der Waals surface area contributed by atoms with Crippen molar-refractivity contribution in [1.82, 2.24) is 5.32 Å². The van der Waals surface area contributed by atoms with Gasteiger partial charge in [-0.15, -0.1) is 0 Å². The number of rotatable bonds is 3. The molecule has 1 saturated carbocycles. The Morgan fingerprint density at radius 1 is 1.38 bits per heavy atom. The zero-order chi connectivity index (χ0) is 15.2. The lowest BCUT2D eigenvalue weighted by Crippen LogP contribution is -2.70. The smallest absolute Gasteiger partial charge is 0.253 e. The fraction of sp³-hybridized carbons (Fsp3) is 0.500. The normalized spacial score (nSPS) is 29.5. The molecule has 1 aliphatic heterocycles. The van der Waals surface area contributed by atoms with Crippen LogP contribution in [0.2, 0.25) is 0 Å². The molecular weight excluding hydrogens is 379 g/mol. The topological polar surface area (TPSA) is 49.4 Å². The van der Waals surface area contributed by atoms with E-state index in [-0.39, 0.29) is 17.7 Å². The maximum atomic E-state index is 13.1. The van der Waals surface area contributed by atoms with Gasteiger partial charge in [-0.05, 0) is 72.9 Å². The summed E-state index contributed by atoms with van der Waals surface area (Å²) < 4.78 is 1.06. The van der Waals surface area contributed by atoms with E-state index in [0.29, 0.717) is 6.42 Å². The molecule has 3 rings (SSSR count). The van der Waals surface area contributed by atoms with Crippen molar-refractivity contribution in [2.24, 2.45) is 5.92 Å². The fourth-order valence-electron chi connectivity index (χ4n) is 3.13. The molecule has 1 N–H and O–H groups in total.